The molecule has 118 valence electrons. The second-order valence-corrected chi connectivity index (χ2v) is 5.35. The van der Waals surface area contributed by atoms with Gasteiger partial charge in [0.05, 0.1) is 5.33 Å². The number of benzene rings is 1. The Morgan fingerprint density at radius 2 is 1.81 bits per heavy atom. The fourth-order valence-electron chi connectivity index (χ4n) is 1.40. The predicted molar refractivity (Wildman–Crippen MR) is 67.5 cm³/mol. The standard InChI is InChI=1S/C11H7BrF6O2S/c12-5-6(19)4-7-8(20-10(13,14)15)2-1-3-9(7)21-11(16,17)18/h1-3H,4-5H2. The summed E-state index contributed by atoms with van der Waals surface area (Å²) in [5, 5.41) is -0.191. The van der Waals surface area contributed by atoms with Crippen LogP contribution in [-0.4, -0.2) is 23.0 Å². The zero-order valence-electron chi connectivity index (χ0n) is 10.0. The van der Waals surface area contributed by atoms with E-state index in [4.69, 9.17) is 0 Å². The van der Waals surface area contributed by atoms with Crippen molar-refractivity contribution in [2.24, 2.45) is 0 Å². The number of Topliss-reactive ketones (excluding diaryl/α,β-unsaturated/α-hetero) is 1. The summed E-state index contributed by atoms with van der Waals surface area (Å²) in [7, 11) is 0. The topological polar surface area (TPSA) is 26.3 Å². The van der Waals surface area contributed by atoms with E-state index >= 15 is 0 Å². The molecular formula is C11H7BrF6O2S. The van der Waals surface area contributed by atoms with E-state index in [0.717, 1.165) is 18.2 Å². The van der Waals surface area contributed by atoms with Crippen LogP contribution >= 0.6 is 27.7 Å². The molecule has 0 spiro atoms. The molecule has 0 heterocycles. The van der Waals surface area contributed by atoms with Crippen molar-refractivity contribution in [3.63, 3.8) is 0 Å². The van der Waals surface area contributed by atoms with Crippen molar-refractivity contribution in [1.82, 2.24) is 0 Å². The molecule has 1 rings (SSSR count). The van der Waals surface area contributed by atoms with E-state index in [9.17, 15) is 31.1 Å². The number of thioether (sulfide) groups is 1. The van der Waals surface area contributed by atoms with Crippen molar-refractivity contribution >= 4 is 33.5 Å². The lowest BCUT2D eigenvalue weighted by atomic mass is 10.1. The zero-order valence-corrected chi connectivity index (χ0v) is 12.4. The Labute approximate surface area is 128 Å². The Bertz CT molecular complexity index is 480. The molecule has 0 aromatic heterocycles. The molecule has 0 saturated carbocycles. The zero-order chi connectivity index (χ0) is 16.3. The van der Waals surface area contributed by atoms with Gasteiger partial charge in [0.15, 0.2) is 0 Å². The molecular weight excluding hydrogens is 390 g/mol. The van der Waals surface area contributed by atoms with Gasteiger partial charge in [0.2, 0.25) is 0 Å². The minimum Gasteiger partial charge on any atom is -0.405 e. The third-order valence-corrected chi connectivity index (χ3v) is 3.52. The summed E-state index contributed by atoms with van der Waals surface area (Å²) in [5.41, 5.74) is -5.13. The average Bonchev–Trinajstić information content (AvgIpc) is 2.29. The number of rotatable bonds is 5. The van der Waals surface area contributed by atoms with Crippen molar-refractivity contribution in [2.75, 3.05) is 5.33 Å². The Kier molecular flexibility index (Phi) is 5.97. The largest absolute Gasteiger partial charge is 0.573 e. The quantitative estimate of drug-likeness (QED) is 0.409. The van der Waals surface area contributed by atoms with Gasteiger partial charge in [-0.05, 0) is 23.9 Å². The number of carbonyl (C=O) groups is 1. The molecule has 0 N–H and O–H groups in total. The summed E-state index contributed by atoms with van der Waals surface area (Å²) in [6.45, 7) is 0. The first-order chi connectivity index (χ1) is 9.52. The smallest absolute Gasteiger partial charge is 0.405 e. The Balaban J connectivity index is 3.23. The van der Waals surface area contributed by atoms with Crippen LogP contribution in [0.4, 0.5) is 26.3 Å². The summed E-state index contributed by atoms with van der Waals surface area (Å²) in [4.78, 5) is 10.8. The van der Waals surface area contributed by atoms with E-state index < -0.39 is 52.0 Å². The van der Waals surface area contributed by atoms with Crippen LogP contribution in [0.1, 0.15) is 5.56 Å². The van der Waals surface area contributed by atoms with Crippen LogP contribution in [0, 0.1) is 0 Å². The maximum absolute atomic E-state index is 12.4. The van der Waals surface area contributed by atoms with Crippen LogP contribution in [0.2, 0.25) is 0 Å². The minimum atomic E-state index is -5.06. The number of hydrogen-bond acceptors (Lipinski definition) is 3. The molecule has 0 saturated heterocycles. The van der Waals surface area contributed by atoms with Gasteiger partial charge in [0.1, 0.15) is 11.5 Å². The number of carbonyl (C=O) groups excluding carboxylic acids is 1. The van der Waals surface area contributed by atoms with Crippen LogP contribution in [0.5, 0.6) is 5.75 Å². The number of ether oxygens (including phenoxy) is 1. The molecule has 2 nitrogen and oxygen atoms in total. The third kappa shape index (κ3) is 6.60. The summed E-state index contributed by atoms with van der Waals surface area (Å²) in [6.07, 6.45) is -5.66. The molecule has 0 aliphatic carbocycles. The summed E-state index contributed by atoms with van der Waals surface area (Å²) >= 11 is 2.21. The first kappa shape index (κ1) is 18.1. The van der Waals surface area contributed by atoms with Crippen LogP contribution in [0.15, 0.2) is 23.1 Å². The lowest BCUT2D eigenvalue weighted by Crippen LogP contribution is -2.19. The first-order valence-electron chi connectivity index (χ1n) is 5.23. The van der Waals surface area contributed by atoms with Gasteiger partial charge >= 0.3 is 11.9 Å². The maximum atomic E-state index is 12.4. The molecule has 0 amide bonds. The van der Waals surface area contributed by atoms with Gasteiger partial charge in [-0.3, -0.25) is 4.79 Å². The van der Waals surface area contributed by atoms with Crippen LogP contribution < -0.4 is 4.74 Å². The average molecular weight is 397 g/mol. The molecule has 21 heavy (non-hydrogen) atoms. The van der Waals surface area contributed by atoms with Gasteiger partial charge in [-0.2, -0.15) is 13.2 Å². The summed E-state index contributed by atoms with van der Waals surface area (Å²) < 4.78 is 77.7. The second kappa shape index (κ2) is 6.91. The highest BCUT2D eigenvalue weighted by atomic mass is 79.9. The monoisotopic (exact) mass is 396 g/mol. The fourth-order valence-corrected chi connectivity index (χ4v) is 2.29. The van der Waals surface area contributed by atoms with E-state index in [-0.39, 0.29) is 5.33 Å². The van der Waals surface area contributed by atoms with Crippen molar-refractivity contribution < 1.29 is 35.9 Å². The number of hydrogen-bond donors (Lipinski definition) is 0. The first-order valence-corrected chi connectivity index (χ1v) is 7.16. The highest BCUT2D eigenvalue weighted by Gasteiger charge is 2.35. The van der Waals surface area contributed by atoms with Crippen molar-refractivity contribution in [3.8, 4) is 5.75 Å². The van der Waals surface area contributed by atoms with Crippen LogP contribution in [-0.2, 0) is 11.2 Å². The summed E-state index contributed by atoms with van der Waals surface area (Å²) in [6, 6.07) is 2.85. The van der Waals surface area contributed by atoms with E-state index in [1.54, 1.807) is 0 Å². The van der Waals surface area contributed by atoms with Crippen molar-refractivity contribution in [2.45, 2.75) is 23.2 Å². The van der Waals surface area contributed by atoms with Crippen LogP contribution in [0.3, 0.4) is 0 Å². The van der Waals surface area contributed by atoms with Crippen molar-refractivity contribution in [1.29, 1.82) is 0 Å². The molecule has 0 fully saturated rings. The van der Waals surface area contributed by atoms with Crippen molar-refractivity contribution in [3.05, 3.63) is 23.8 Å². The van der Waals surface area contributed by atoms with E-state index in [0.29, 0.717) is 0 Å². The van der Waals surface area contributed by atoms with Crippen LogP contribution in [0.25, 0.3) is 0 Å². The Hall–Kier alpha value is -0.900. The molecule has 0 bridgehead atoms. The van der Waals surface area contributed by atoms with E-state index in [1.807, 2.05) is 0 Å². The predicted octanol–water partition coefficient (Wildman–Crippen LogP) is 4.70. The Morgan fingerprint density at radius 1 is 1.19 bits per heavy atom. The highest BCUT2D eigenvalue weighted by molar-refractivity contribution is 9.09. The molecule has 0 radical (unpaired) electrons. The number of ketones is 1. The van der Waals surface area contributed by atoms with Gasteiger partial charge in [0.25, 0.3) is 0 Å². The van der Waals surface area contributed by atoms with Gasteiger partial charge in [-0.1, -0.05) is 22.0 Å². The van der Waals surface area contributed by atoms with E-state index in [2.05, 4.69) is 20.7 Å². The molecule has 1 aromatic rings. The molecule has 0 aliphatic heterocycles. The third-order valence-electron chi connectivity index (χ3n) is 2.06. The summed E-state index contributed by atoms with van der Waals surface area (Å²) in [5.74, 6) is -1.39. The van der Waals surface area contributed by atoms with Gasteiger partial charge in [-0.25, -0.2) is 0 Å². The molecule has 1 aromatic carbocycles. The number of halogens is 7. The fraction of sp³-hybridized carbons (Fsp3) is 0.364. The lowest BCUT2D eigenvalue weighted by Gasteiger charge is -2.16. The maximum Gasteiger partial charge on any atom is 0.573 e. The minimum absolute atomic E-state index is 0.191. The van der Waals surface area contributed by atoms with Gasteiger partial charge < -0.3 is 4.74 Å². The lowest BCUT2D eigenvalue weighted by molar-refractivity contribution is -0.275. The molecule has 0 unspecified atom stereocenters. The Morgan fingerprint density at radius 3 is 2.29 bits per heavy atom. The molecule has 0 aliphatic rings. The van der Waals surface area contributed by atoms with E-state index in [1.165, 1.54) is 0 Å². The molecule has 10 heteroatoms. The highest BCUT2D eigenvalue weighted by Crippen LogP contribution is 2.42. The number of alkyl halides is 7. The normalized spacial score (nSPS) is 12.3. The SMILES string of the molecule is O=C(CBr)Cc1c(OC(F)(F)F)cccc1SC(F)(F)F. The second-order valence-electron chi connectivity index (χ2n) is 3.68. The molecule has 0 atom stereocenters. The van der Waals surface area contributed by atoms with Gasteiger partial charge in [-0.15, -0.1) is 13.2 Å². The van der Waals surface area contributed by atoms with Gasteiger partial charge in [0, 0.05) is 16.9 Å².